The van der Waals surface area contributed by atoms with Crippen LogP contribution in [0.2, 0.25) is 0 Å². The number of pyridine rings is 1. The van der Waals surface area contributed by atoms with Crippen molar-refractivity contribution in [1.82, 2.24) is 20.1 Å². The van der Waals surface area contributed by atoms with Crippen LogP contribution >= 0.6 is 0 Å². The van der Waals surface area contributed by atoms with Crippen LogP contribution in [-0.4, -0.2) is 74.2 Å². The predicted octanol–water partition coefficient (Wildman–Crippen LogP) is 3.90. The number of ether oxygens (including phenoxy) is 2. The molecule has 196 valence electrons. The number of nitrogens with zero attached hydrogens (tertiary/aromatic N) is 3. The minimum Gasteiger partial charge on any atom is -0.481 e. The van der Waals surface area contributed by atoms with E-state index in [1.807, 2.05) is 0 Å². The molecule has 1 saturated heterocycles. The number of methoxy groups -OCH3 is 2. The molecule has 1 N–H and O–H groups in total. The first-order valence-corrected chi connectivity index (χ1v) is 12.3. The third-order valence-electron chi connectivity index (χ3n) is 6.56. The fourth-order valence-electron chi connectivity index (χ4n) is 4.61. The zero-order chi connectivity index (χ0) is 26.2. The molecule has 7 nitrogen and oxygen atoms in total. The summed E-state index contributed by atoms with van der Waals surface area (Å²) in [7, 11) is 2.97. The molecule has 9 heteroatoms. The molecular formula is C28H32F2N4O3. The van der Waals surface area contributed by atoms with E-state index < -0.39 is 0 Å². The molecule has 1 aliphatic heterocycles. The van der Waals surface area contributed by atoms with E-state index in [2.05, 4.69) is 20.1 Å². The molecule has 0 radical (unpaired) electrons. The van der Waals surface area contributed by atoms with Gasteiger partial charge in [-0.15, -0.1) is 0 Å². The number of benzene rings is 2. The molecule has 0 aliphatic carbocycles. The van der Waals surface area contributed by atoms with Crippen molar-refractivity contribution >= 4 is 5.91 Å². The largest absolute Gasteiger partial charge is 0.481 e. The van der Waals surface area contributed by atoms with Crippen LogP contribution in [0, 0.1) is 11.6 Å². The second-order valence-corrected chi connectivity index (χ2v) is 8.90. The van der Waals surface area contributed by atoms with E-state index in [0.29, 0.717) is 18.0 Å². The highest BCUT2D eigenvalue weighted by Crippen LogP contribution is 2.30. The zero-order valence-electron chi connectivity index (χ0n) is 21.1. The van der Waals surface area contributed by atoms with Gasteiger partial charge in [0.1, 0.15) is 17.2 Å². The molecule has 1 aromatic heterocycles. The molecule has 1 aliphatic rings. The smallest absolute Gasteiger partial charge is 0.256 e. The molecule has 4 rings (SSSR count). The molecule has 0 unspecified atom stereocenters. The molecule has 0 spiro atoms. The van der Waals surface area contributed by atoms with Crippen molar-refractivity contribution in [3.8, 4) is 11.8 Å². The zero-order valence-corrected chi connectivity index (χ0v) is 21.1. The summed E-state index contributed by atoms with van der Waals surface area (Å²) in [6.45, 7) is 4.75. The Bertz CT molecular complexity index is 1120. The van der Waals surface area contributed by atoms with Gasteiger partial charge in [0.05, 0.1) is 20.3 Å². The standard InChI is InChI=1S/C28H32F2N4O3/c1-36-25-13-12-24(28(32-25)37-2)27(35)31-14-3-15-33-16-18-34(19-17-33)26(20-4-8-22(29)9-5-20)21-6-10-23(30)11-7-21/h4-13,26H,3,14-19H2,1-2H3,(H,31,35). The monoisotopic (exact) mass is 510 g/mol. The Hall–Kier alpha value is -3.56. The lowest BCUT2D eigenvalue weighted by atomic mass is 9.96. The highest BCUT2D eigenvalue weighted by Gasteiger charge is 2.26. The van der Waals surface area contributed by atoms with E-state index in [1.165, 1.54) is 38.5 Å². The summed E-state index contributed by atoms with van der Waals surface area (Å²) in [5, 5.41) is 2.93. The third-order valence-corrected chi connectivity index (χ3v) is 6.56. The minimum atomic E-state index is -0.278. The Balaban J connectivity index is 1.29. The topological polar surface area (TPSA) is 66.9 Å². The van der Waals surface area contributed by atoms with Gasteiger partial charge >= 0.3 is 0 Å². The van der Waals surface area contributed by atoms with Gasteiger partial charge in [-0.05, 0) is 54.4 Å². The maximum absolute atomic E-state index is 13.6. The van der Waals surface area contributed by atoms with Crippen molar-refractivity contribution in [3.63, 3.8) is 0 Å². The van der Waals surface area contributed by atoms with Gasteiger partial charge in [0.2, 0.25) is 11.8 Å². The van der Waals surface area contributed by atoms with Crippen LogP contribution in [0.15, 0.2) is 60.7 Å². The number of aromatic nitrogens is 1. The summed E-state index contributed by atoms with van der Waals surface area (Å²) in [6, 6.07) is 16.2. The van der Waals surface area contributed by atoms with E-state index in [9.17, 15) is 13.6 Å². The van der Waals surface area contributed by atoms with Gasteiger partial charge in [-0.1, -0.05) is 24.3 Å². The number of rotatable bonds is 10. The van der Waals surface area contributed by atoms with Gasteiger partial charge in [-0.25, -0.2) is 8.78 Å². The van der Waals surface area contributed by atoms with Crippen LogP contribution in [0.1, 0.15) is 33.9 Å². The lowest BCUT2D eigenvalue weighted by molar-refractivity contribution is 0.0937. The highest BCUT2D eigenvalue weighted by atomic mass is 19.1. The number of carbonyl (C=O) groups is 1. The summed E-state index contributed by atoms with van der Waals surface area (Å²) >= 11 is 0. The second kappa shape index (κ2) is 12.6. The number of nitrogens with one attached hydrogen (secondary N) is 1. The minimum absolute atomic E-state index is 0.0734. The lowest BCUT2D eigenvalue weighted by Gasteiger charge is -2.40. The molecule has 1 fully saturated rings. The van der Waals surface area contributed by atoms with Gasteiger partial charge in [0, 0.05) is 38.8 Å². The van der Waals surface area contributed by atoms with Crippen molar-refractivity contribution in [2.24, 2.45) is 0 Å². The summed E-state index contributed by atoms with van der Waals surface area (Å²) in [6.07, 6.45) is 0.803. The van der Waals surface area contributed by atoms with E-state index in [4.69, 9.17) is 9.47 Å². The van der Waals surface area contributed by atoms with Crippen molar-refractivity contribution in [3.05, 3.63) is 89.0 Å². The molecule has 0 bridgehead atoms. The van der Waals surface area contributed by atoms with Gasteiger partial charge in [-0.3, -0.25) is 9.69 Å². The van der Waals surface area contributed by atoms with Crippen molar-refractivity contribution in [2.75, 3.05) is 53.5 Å². The van der Waals surface area contributed by atoms with Crippen LogP contribution < -0.4 is 14.8 Å². The normalized spacial score (nSPS) is 14.5. The Morgan fingerprint density at radius 3 is 2.03 bits per heavy atom. The molecule has 0 saturated carbocycles. The van der Waals surface area contributed by atoms with Gasteiger partial charge in [-0.2, -0.15) is 4.98 Å². The Morgan fingerprint density at radius 2 is 1.49 bits per heavy atom. The number of halogens is 2. The van der Waals surface area contributed by atoms with Crippen LogP contribution in [-0.2, 0) is 0 Å². The van der Waals surface area contributed by atoms with Crippen LogP contribution in [0.25, 0.3) is 0 Å². The van der Waals surface area contributed by atoms with Crippen LogP contribution in [0.4, 0.5) is 8.78 Å². The van der Waals surface area contributed by atoms with Crippen molar-refractivity contribution < 1.29 is 23.0 Å². The predicted molar refractivity (Wildman–Crippen MR) is 137 cm³/mol. The molecule has 3 aromatic rings. The first kappa shape index (κ1) is 26.5. The first-order chi connectivity index (χ1) is 18.0. The Labute approximate surface area is 216 Å². The quantitative estimate of drug-likeness (QED) is 0.418. The summed E-state index contributed by atoms with van der Waals surface area (Å²) in [5.41, 5.74) is 2.32. The molecule has 1 amide bonds. The lowest BCUT2D eigenvalue weighted by Crippen LogP contribution is -2.48. The molecule has 37 heavy (non-hydrogen) atoms. The van der Waals surface area contributed by atoms with E-state index in [1.54, 1.807) is 36.4 Å². The fourth-order valence-corrected chi connectivity index (χ4v) is 4.61. The van der Waals surface area contributed by atoms with Gasteiger partial charge in [0.25, 0.3) is 5.91 Å². The number of amides is 1. The third kappa shape index (κ3) is 6.81. The molecule has 2 heterocycles. The number of carbonyl (C=O) groups excluding carboxylic acids is 1. The molecule has 0 atom stereocenters. The molecule has 2 aromatic carbocycles. The van der Waals surface area contributed by atoms with Crippen molar-refractivity contribution in [1.29, 1.82) is 0 Å². The Kier molecular flexibility index (Phi) is 9.03. The van der Waals surface area contributed by atoms with Crippen LogP contribution in [0.3, 0.4) is 0 Å². The highest BCUT2D eigenvalue weighted by molar-refractivity contribution is 5.96. The summed E-state index contributed by atoms with van der Waals surface area (Å²) in [4.78, 5) is 21.4. The second-order valence-electron chi connectivity index (χ2n) is 8.90. The number of piperazine rings is 1. The van der Waals surface area contributed by atoms with E-state index in [-0.39, 0.29) is 29.5 Å². The fraction of sp³-hybridized carbons (Fsp3) is 0.357. The van der Waals surface area contributed by atoms with Gasteiger partial charge < -0.3 is 19.7 Å². The number of hydrogen-bond acceptors (Lipinski definition) is 6. The average Bonchev–Trinajstić information content (AvgIpc) is 2.93. The maximum Gasteiger partial charge on any atom is 0.256 e. The summed E-state index contributed by atoms with van der Waals surface area (Å²) in [5.74, 6) is -0.183. The Morgan fingerprint density at radius 1 is 0.892 bits per heavy atom. The summed E-state index contributed by atoms with van der Waals surface area (Å²) < 4.78 is 37.4. The maximum atomic E-state index is 13.6. The molecular weight excluding hydrogens is 478 g/mol. The average molecular weight is 511 g/mol. The number of hydrogen-bond donors (Lipinski definition) is 1. The van der Waals surface area contributed by atoms with Crippen LogP contribution in [0.5, 0.6) is 11.8 Å². The van der Waals surface area contributed by atoms with Crippen molar-refractivity contribution in [2.45, 2.75) is 12.5 Å². The first-order valence-electron chi connectivity index (χ1n) is 12.3. The van der Waals surface area contributed by atoms with E-state index >= 15 is 0 Å². The SMILES string of the molecule is COc1ccc(C(=O)NCCCN2CCN(C(c3ccc(F)cc3)c3ccc(F)cc3)CC2)c(OC)n1. The van der Waals surface area contributed by atoms with Gasteiger partial charge in [0.15, 0.2) is 0 Å². The van der Waals surface area contributed by atoms with E-state index in [0.717, 1.165) is 50.3 Å².